The van der Waals surface area contributed by atoms with Gasteiger partial charge < -0.3 is 9.30 Å². The van der Waals surface area contributed by atoms with E-state index in [0.29, 0.717) is 6.10 Å². The SMILES string of the molecule is Cc1csc(=O)n1CCN(Cc1cccnc1)CC1CCCO1. The Bertz CT molecular complexity index is 662. The summed E-state index contributed by atoms with van der Waals surface area (Å²) in [5.41, 5.74) is 2.23. The number of ether oxygens (including phenoxy) is 1. The zero-order valence-electron chi connectivity index (χ0n) is 13.5. The fourth-order valence-corrected chi connectivity index (χ4v) is 3.74. The van der Waals surface area contributed by atoms with Gasteiger partial charge in [0.2, 0.25) is 0 Å². The normalized spacial score (nSPS) is 17.9. The summed E-state index contributed by atoms with van der Waals surface area (Å²) in [4.78, 5) is 18.6. The average Bonchev–Trinajstić information content (AvgIpc) is 3.17. The van der Waals surface area contributed by atoms with Gasteiger partial charge in [-0.2, -0.15) is 0 Å². The van der Waals surface area contributed by atoms with E-state index in [-0.39, 0.29) is 4.87 Å². The van der Waals surface area contributed by atoms with Gasteiger partial charge in [-0.05, 0) is 31.4 Å². The van der Waals surface area contributed by atoms with Gasteiger partial charge in [-0.25, -0.2) is 0 Å². The fourth-order valence-electron chi connectivity index (χ4n) is 2.98. The monoisotopic (exact) mass is 333 g/mol. The van der Waals surface area contributed by atoms with Crippen LogP contribution in [0.2, 0.25) is 0 Å². The summed E-state index contributed by atoms with van der Waals surface area (Å²) in [6.07, 6.45) is 6.29. The van der Waals surface area contributed by atoms with Gasteiger partial charge in [0.15, 0.2) is 0 Å². The van der Waals surface area contributed by atoms with Gasteiger partial charge in [0, 0.05) is 56.3 Å². The molecule has 2 aromatic rings. The molecule has 0 N–H and O–H groups in total. The van der Waals surface area contributed by atoms with E-state index < -0.39 is 0 Å². The Morgan fingerprint density at radius 1 is 1.52 bits per heavy atom. The van der Waals surface area contributed by atoms with Crippen molar-refractivity contribution in [1.82, 2.24) is 14.5 Å². The third kappa shape index (κ3) is 4.50. The average molecular weight is 333 g/mol. The number of hydrogen-bond donors (Lipinski definition) is 0. The van der Waals surface area contributed by atoms with Crippen molar-refractivity contribution in [2.24, 2.45) is 0 Å². The first-order chi connectivity index (χ1) is 11.2. The van der Waals surface area contributed by atoms with Crippen LogP contribution in [-0.4, -0.2) is 40.3 Å². The Labute approximate surface area is 140 Å². The second kappa shape index (κ2) is 7.86. The molecule has 0 amide bonds. The molecule has 3 heterocycles. The lowest BCUT2D eigenvalue weighted by molar-refractivity contribution is 0.0692. The molecular formula is C17H23N3O2S. The number of thiazole rings is 1. The summed E-state index contributed by atoms with van der Waals surface area (Å²) >= 11 is 1.27. The summed E-state index contributed by atoms with van der Waals surface area (Å²) in [6, 6.07) is 4.06. The molecular weight excluding hydrogens is 310 g/mol. The number of pyridine rings is 1. The van der Waals surface area contributed by atoms with Gasteiger partial charge in [0.25, 0.3) is 0 Å². The van der Waals surface area contributed by atoms with E-state index in [1.54, 1.807) is 6.20 Å². The maximum Gasteiger partial charge on any atom is 0.307 e. The smallest absolute Gasteiger partial charge is 0.307 e. The zero-order chi connectivity index (χ0) is 16.1. The largest absolute Gasteiger partial charge is 0.377 e. The molecule has 0 bridgehead atoms. The number of hydrogen-bond acceptors (Lipinski definition) is 5. The van der Waals surface area contributed by atoms with Crippen molar-refractivity contribution in [2.75, 3.05) is 19.7 Å². The second-order valence-corrected chi connectivity index (χ2v) is 6.85. The molecule has 1 fully saturated rings. The molecule has 0 saturated carbocycles. The molecule has 1 saturated heterocycles. The van der Waals surface area contributed by atoms with Crippen LogP contribution in [0.15, 0.2) is 34.7 Å². The van der Waals surface area contributed by atoms with Crippen LogP contribution in [0.4, 0.5) is 0 Å². The Morgan fingerprint density at radius 3 is 3.09 bits per heavy atom. The first kappa shape index (κ1) is 16.4. The lowest BCUT2D eigenvalue weighted by atomic mass is 10.2. The van der Waals surface area contributed by atoms with Crippen molar-refractivity contribution in [3.8, 4) is 0 Å². The van der Waals surface area contributed by atoms with E-state index in [4.69, 9.17) is 4.74 Å². The lowest BCUT2D eigenvalue weighted by Gasteiger charge is -2.25. The second-order valence-electron chi connectivity index (χ2n) is 6.03. The number of nitrogens with zero attached hydrogens (tertiary/aromatic N) is 3. The highest BCUT2D eigenvalue weighted by Gasteiger charge is 2.19. The van der Waals surface area contributed by atoms with Crippen LogP contribution in [0.1, 0.15) is 24.1 Å². The molecule has 1 aliphatic rings. The summed E-state index contributed by atoms with van der Waals surface area (Å²) in [5, 5.41) is 1.92. The molecule has 3 rings (SSSR count). The topological polar surface area (TPSA) is 47.4 Å². The van der Waals surface area contributed by atoms with E-state index in [1.807, 2.05) is 29.1 Å². The minimum atomic E-state index is 0.126. The van der Waals surface area contributed by atoms with Gasteiger partial charge >= 0.3 is 4.87 Å². The highest BCUT2D eigenvalue weighted by atomic mass is 32.1. The summed E-state index contributed by atoms with van der Waals surface area (Å²) < 4.78 is 7.64. The minimum absolute atomic E-state index is 0.126. The van der Waals surface area contributed by atoms with E-state index >= 15 is 0 Å². The Hall–Kier alpha value is -1.50. The Morgan fingerprint density at radius 2 is 2.43 bits per heavy atom. The van der Waals surface area contributed by atoms with Crippen molar-refractivity contribution in [1.29, 1.82) is 0 Å². The molecule has 6 heteroatoms. The van der Waals surface area contributed by atoms with E-state index in [2.05, 4.69) is 16.0 Å². The minimum Gasteiger partial charge on any atom is -0.377 e. The maximum atomic E-state index is 11.9. The van der Waals surface area contributed by atoms with Crippen molar-refractivity contribution < 1.29 is 4.74 Å². The van der Waals surface area contributed by atoms with Gasteiger partial charge in [-0.3, -0.25) is 14.7 Å². The molecule has 2 aromatic heterocycles. The summed E-state index contributed by atoms with van der Waals surface area (Å²) in [7, 11) is 0. The quantitative estimate of drug-likeness (QED) is 0.780. The first-order valence-corrected chi connectivity index (χ1v) is 8.98. The Kier molecular flexibility index (Phi) is 5.59. The molecule has 0 aromatic carbocycles. The van der Waals surface area contributed by atoms with Crippen LogP contribution in [0, 0.1) is 6.92 Å². The fraction of sp³-hybridized carbons (Fsp3) is 0.529. The molecule has 0 spiro atoms. The molecule has 5 nitrogen and oxygen atoms in total. The van der Waals surface area contributed by atoms with E-state index in [1.165, 1.54) is 16.9 Å². The van der Waals surface area contributed by atoms with Crippen LogP contribution < -0.4 is 4.87 Å². The number of aromatic nitrogens is 2. The molecule has 0 aliphatic carbocycles. The van der Waals surface area contributed by atoms with Crippen LogP contribution in [0.25, 0.3) is 0 Å². The molecule has 1 atom stereocenters. The first-order valence-electron chi connectivity index (χ1n) is 8.10. The van der Waals surface area contributed by atoms with E-state index in [0.717, 1.165) is 51.3 Å². The predicted octanol–water partition coefficient (Wildman–Crippen LogP) is 2.29. The summed E-state index contributed by atoms with van der Waals surface area (Å²) in [6.45, 7) is 6.17. The summed E-state index contributed by atoms with van der Waals surface area (Å²) in [5.74, 6) is 0. The van der Waals surface area contributed by atoms with Crippen molar-refractivity contribution in [2.45, 2.75) is 39.0 Å². The van der Waals surface area contributed by atoms with Crippen LogP contribution in [0.5, 0.6) is 0 Å². The van der Waals surface area contributed by atoms with Gasteiger partial charge in [0.05, 0.1) is 6.10 Å². The zero-order valence-corrected chi connectivity index (χ0v) is 14.3. The molecule has 1 unspecified atom stereocenters. The highest BCUT2D eigenvalue weighted by molar-refractivity contribution is 7.07. The third-order valence-corrected chi connectivity index (χ3v) is 5.11. The van der Waals surface area contributed by atoms with Crippen molar-refractivity contribution >= 4 is 11.3 Å². The predicted molar refractivity (Wildman–Crippen MR) is 91.8 cm³/mol. The van der Waals surface area contributed by atoms with Gasteiger partial charge in [0.1, 0.15) is 0 Å². The molecule has 23 heavy (non-hydrogen) atoms. The van der Waals surface area contributed by atoms with Crippen LogP contribution >= 0.6 is 11.3 Å². The van der Waals surface area contributed by atoms with Crippen LogP contribution in [-0.2, 0) is 17.8 Å². The Balaban J connectivity index is 1.65. The van der Waals surface area contributed by atoms with Crippen LogP contribution in [0.3, 0.4) is 0 Å². The molecule has 0 radical (unpaired) electrons. The number of aryl methyl sites for hydroxylation is 1. The maximum absolute atomic E-state index is 11.9. The number of rotatable bonds is 7. The van der Waals surface area contributed by atoms with Gasteiger partial charge in [-0.15, -0.1) is 0 Å². The van der Waals surface area contributed by atoms with Crippen molar-refractivity contribution in [3.05, 3.63) is 50.8 Å². The van der Waals surface area contributed by atoms with E-state index in [9.17, 15) is 4.79 Å². The van der Waals surface area contributed by atoms with Crippen molar-refractivity contribution in [3.63, 3.8) is 0 Å². The third-order valence-electron chi connectivity index (χ3n) is 4.23. The van der Waals surface area contributed by atoms with Gasteiger partial charge in [-0.1, -0.05) is 17.4 Å². The standard InChI is InChI=1S/C17H23N3O2S/c1-14-13-23-17(21)20(14)8-7-19(12-16-5-3-9-22-16)11-15-4-2-6-18-10-15/h2,4,6,10,13,16H,3,5,7-9,11-12H2,1H3. The molecule has 1 aliphatic heterocycles. The molecule has 124 valence electrons. The highest BCUT2D eigenvalue weighted by Crippen LogP contribution is 2.15. The lowest BCUT2D eigenvalue weighted by Crippen LogP contribution is -2.35.